The lowest BCUT2D eigenvalue weighted by Gasteiger charge is -2.32. The van der Waals surface area contributed by atoms with Crippen molar-refractivity contribution in [2.24, 2.45) is 0 Å². The van der Waals surface area contributed by atoms with Crippen LogP contribution < -0.4 is 5.32 Å². The number of hydrogen-bond acceptors (Lipinski definition) is 5. The fraction of sp³-hybridized carbons (Fsp3) is 0.400. The summed E-state index contributed by atoms with van der Waals surface area (Å²) in [4.78, 5) is 4.78. The zero-order valence-corrected chi connectivity index (χ0v) is 17.7. The Morgan fingerprint density at radius 3 is 2.36 bits per heavy atom. The standard InChI is InChI=1S/C20H21BrN4O2S/c21-16-2-4-18(5-3-16)28(26,27)25-11-7-17(8-12-25)24-19-6-1-15(13-23-19)20(14-22)9-10-20/h1-6,13,17H,7-12H2,(H,23,24). The van der Waals surface area contributed by atoms with Crippen molar-refractivity contribution in [2.45, 2.75) is 42.0 Å². The maximum atomic E-state index is 12.8. The summed E-state index contributed by atoms with van der Waals surface area (Å²) in [7, 11) is -3.45. The van der Waals surface area contributed by atoms with E-state index >= 15 is 0 Å². The summed E-state index contributed by atoms with van der Waals surface area (Å²) in [5.74, 6) is 0.770. The van der Waals surface area contributed by atoms with E-state index in [1.807, 2.05) is 12.1 Å². The molecule has 0 unspecified atom stereocenters. The summed E-state index contributed by atoms with van der Waals surface area (Å²) in [6, 6.07) is 13.2. The molecule has 1 aliphatic carbocycles. The fourth-order valence-electron chi connectivity index (χ4n) is 3.56. The van der Waals surface area contributed by atoms with E-state index in [-0.39, 0.29) is 11.5 Å². The van der Waals surface area contributed by atoms with Crippen molar-refractivity contribution in [1.29, 1.82) is 5.26 Å². The molecule has 0 amide bonds. The fourth-order valence-corrected chi connectivity index (χ4v) is 5.29. The zero-order valence-electron chi connectivity index (χ0n) is 15.3. The van der Waals surface area contributed by atoms with Gasteiger partial charge in [-0.15, -0.1) is 0 Å². The summed E-state index contributed by atoms with van der Waals surface area (Å²) < 4.78 is 28.0. The van der Waals surface area contributed by atoms with Crippen molar-refractivity contribution in [3.8, 4) is 6.07 Å². The Hall–Kier alpha value is -1.95. The molecule has 1 saturated heterocycles. The SMILES string of the molecule is N#CC1(c2ccc(NC3CCN(S(=O)(=O)c4ccc(Br)cc4)CC3)nc2)CC1. The molecule has 2 aromatic rings. The lowest BCUT2D eigenvalue weighted by molar-refractivity contribution is 0.329. The molecule has 1 N–H and O–H groups in total. The molecular formula is C20H21BrN4O2S. The van der Waals surface area contributed by atoms with Gasteiger partial charge in [-0.2, -0.15) is 9.57 Å². The van der Waals surface area contributed by atoms with E-state index in [1.165, 1.54) is 0 Å². The van der Waals surface area contributed by atoms with Gasteiger partial charge in [0.15, 0.2) is 0 Å². The molecule has 0 bridgehead atoms. The number of pyridine rings is 1. The van der Waals surface area contributed by atoms with Crippen LogP contribution in [-0.4, -0.2) is 36.8 Å². The lowest BCUT2D eigenvalue weighted by Crippen LogP contribution is -2.42. The number of rotatable bonds is 5. The molecule has 1 aliphatic heterocycles. The molecule has 2 aliphatic rings. The number of nitrogens with one attached hydrogen (secondary N) is 1. The lowest BCUT2D eigenvalue weighted by atomic mass is 10.00. The first-order valence-corrected chi connectivity index (χ1v) is 11.6. The summed E-state index contributed by atoms with van der Waals surface area (Å²) >= 11 is 3.33. The molecule has 0 atom stereocenters. The summed E-state index contributed by atoms with van der Waals surface area (Å²) in [6.45, 7) is 0.956. The van der Waals surface area contributed by atoms with Crippen LogP contribution in [0.1, 0.15) is 31.2 Å². The van der Waals surface area contributed by atoms with Crippen LogP contribution in [0.5, 0.6) is 0 Å². The average Bonchev–Trinajstić information content (AvgIpc) is 3.51. The van der Waals surface area contributed by atoms with Gasteiger partial charge in [-0.25, -0.2) is 13.4 Å². The molecule has 0 radical (unpaired) electrons. The van der Waals surface area contributed by atoms with E-state index < -0.39 is 10.0 Å². The van der Waals surface area contributed by atoms with E-state index in [1.54, 1.807) is 34.8 Å². The van der Waals surface area contributed by atoms with Gasteiger partial charge in [0.1, 0.15) is 5.82 Å². The quantitative estimate of drug-likeness (QED) is 0.735. The number of aromatic nitrogens is 1. The monoisotopic (exact) mass is 460 g/mol. The molecule has 2 fully saturated rings. The number of hydrogen-bond donors (Lipinski definition) is 1. The summed E-state index contributed by atoms with van der Waals surface area (Å²) in [6.07, 6.45) is 5.04. The van der Waals surface area contributed by atoms with Crippen LogP contribution in [0.4, 0.5) is 5.82 Å². The zero-order chi connectivity index (χ0) is 19.8. The first-order valence-electron chi connectivity index (χ1n) is 9.33. The molecule has 1 saturated carbocycles. The second-order valence-corrected chi connectivity index (χ2v) is 10.3. The molecule has 6 nitrogen and oxygen atoms in total. The molecule has 28 heavy (non-hydrogen) atoms. The van der Waals surface area contributed by atoms with E-state index in [0.29, 0.717) is 18.0 Å². The highest BCUT2D eigenvalue weighted by atomic mass is 79.9. The highest BCUT2D eigenvalue weighted by Gasteiger charge is 2.45. The minimum absolute atomic E-state index is 0.181. The highest BCUT2D eigenvalue weighted by molar-refractivity contribution is 9.10. The number of nitrogens with zero attached hydrogens (tertiary/aromatic N) is 3. The minimum Gasteiger partial charge on any atom is -0.367 e. The summed E-state index contributed by atoms with van der Waals surface area (Å²) in [5, 5.41) is 12.7. The topological polar surface area (TPSA) is 86.1 Å². The van der Waals surface area contributed by atoms with E-state index in [9.17, 15) is 13.7 Å². The van der Waals surface area contributed by atoms with Crippen LogP contribution in [0.25, 0.3) is 0 Å². The Balaban J connectivity index is 1.35. The number of sulfonamides is 1. The van der Waals surface area contributed by atoms with Gasteiger partial charge < -0.3 is 5.32 Å². The van der Waals surface area contributed by atoms with E-state index in [2.05, 4.69) is 32.3 Å². The maximum absolute atomic E-state index is 12.8. The minimum atomic E-state index is -3.45. The van der Waals surface area contributed by atoms with Crippen LogP contribution >= 0.6 is 15.9 Å². The van der Waals surface area contributed by atoms with Crippen LogP contribution in [0.3, 0.4) is 0 Å². The van der Waals surface area contributed by atoms with Crippen molar-refractivity contribution in [3.63, 3.8) is 0 Å². The van der Waals surface area contributed by atoms with Crippen molar-refractivity contribution in [1.82, 2.24) is 9.29 Å². The van der Waals surface area contributed by atoms with Crippen molar-refractivity contribution in [3.05, 3.63) is 52.6 Å². The molecule has 2 heterocycles. The molecule has 8 heteroatoms. The van der Waals surface area contributed by atoms with Crippen LogP contribution in [-0.2, 0) is 15.4 Å². The van der Waals surface area contributed by atoms with Crippen molar-refractivity contribution >= 4 is 31.8 Å². The third-order valence-corrected chi connectivity index (χ3v) is 7.98. The van der Waals surface area contributed by atoms with Gasteiger partial charge in [0.25, 0.3) is 0 Å². The van der Waals surface area contributed by atoms with E-state index in [4.69, 9.17) is 0 Å². The maximum Gasteiger partial charge on any atom is 0.243 e. The average molecular weight is 461 g/mol. The van der Waals surface area contributed by atoms with Gasteiger partial charge in [0, 0.05) is 29.8 Å². The van der Waals surface area contributed by atoms with Gasteiger partial charge >= 0.3 is 0 Å². The van der Waals surface area contributed by atoms with Gasteiger partial charge in [-0.1, -0.05) is 22.0 Å². The molecule has 146 valence electrons. The number of nitriles is 1. The molecular weight excluding hydrogens is 440 g/mol. The number of piperidine rings is 1. The predicted octanol–water partition coefficient (Wildman–Crippen LogP) is 3.66. The molecule has 1 aromatic carbocycles. The van der Waals surface area contributed by atoms with Crippen LogP contribution in [0.15, 0.2) is 52.0 Å². The Morgan fingerprint density at radius 2 is 1.82 bits per heavy atom. The second-order valence-electron chi connectivity index (χ2n) is 7.40. The van der Waals surface area contributed by atoms with Crippen LogP contribution in [0, 0.1) is 11.3 Å². The largest absolute Gasteiger partial charge is 0.367 e. The van der Waals surface area contributed by atoms with Gasteiger partial charge in [0.2, 0.25) is 10.0 Å². The van der Waals surface area contributed by atoms with Crippen molar-refractivity contribution < 1.29 is 8.42 Å². The Kier molecular flexibility index (Phi) is 5.17. The predicted molar refractivity (Wildman–Crippen MR) is 110 cm³/mol. The second kappa shape index (κ2) is 7.47. The highest BCUT2D eigenvalue weighted by Crippen LogP contribution is 2.47. The molecule has 4 rings (SSSR count). The smallest absolute Gasteiger partial charge is 0.243 e. The van der Waals surface area contributed by atoms with Gasteiger partial charge in [-0.3, -0.25) is 0 Å². The molecule has 0 spiro atoms. The number of benzene rings is 1. The van der Waals surface area contributed by atoms with Gasteiger partial charge in [-0.05, 0) is 61.6 Å². The third kappa shape index (κ3) is 3.79. The first kappa shape index (κ1) is 19.4. The first-order chi connectivity index (χ1) is 13.4. The van der Waals surface area contributed by atoms with Crippen molar-refractivity contribution in [2.75, 3.05) is 18.4 Å². The van der Waals surface area contributed by atoms with Crippen LogP contribution in [0.2, 0.25) is 0 Å². The Labute approximate surface area is 173 Å². The van der Waals surface area contributed by atoms with E-state index in [0.717, 1.165) is 41.5 Å². The Morgan fingerprint density at radius 1 is 1.14 bits per heavy atom. The Bertz CT molecular complexity index is 988. The van der Waals surface area contributed by atoms with Gasteiger partial charge in [0.05, 0.1) is 16.4 Å². The normalized spacial score (nSPS) is 19.7. The summed E-state index contributed by atoms with van der Waals surface area (Å²) in [5.41, 5.74) is 0.661. The molecule has 1 aromatic heterocycles. The number of anilines is 1. The third-order valence-electron chi connectivity index (χ3n) is 5.54. The number of halogens is 1.